The second-order valence-corrected chi connectivity index (χ2v) is 6.35. The SMILES string of the molecule is Cn1c(=O)c2c(ncn2Cc2cc(Cl)cc3c2OCOC3)n(C)c1=O. The second kappa shape index (κ2) is 5.75. The summed E-state index contributed by atoms with van der Waals surface area (Å²) in [7, 11) is 3.03. The van der Waals surface area contributed by atoms with Crippen LogP contribution in [0.5, 0.6) is 5.75 Å². The predicted octanol–water partition coefficient (Wildman–Crippen LogP) is 1.00. The summed E-state index contributed by atoms with van der Waals surface area (Å²) in [5, 5.41) is 0.563. The van der Waals surface area contributed by atoms with Crippen LogP contribution in [0.25, 0.3) is 11.2 Å². The maximum absolute atomic E-state index is 12.5. The summed E-state index contributed by atoms with van der Waals surface area (Å²) in [4.78, 5) is 28.8. The second-order valence-electron chi connectivity index (χ2n) is 5.91. The third kappa shape index (κ3) is 2.45. The smallest absolute Gasteiger partial charge is 0.332 e. The van der Waals surface area contributed by atoms with Gasteiger partial charge in [-0.2, -0.15) is 0 Å². The van der Waals surface area contributed by atoms with Crippen LogP contribution in [-0.4, -0.2) is 25.5 Å². The number of hydrogen-bond acceptors (Lipinski definition) is 5. The molecule has 25 heavy (non-hydrogen) atoms. The maximum atomic E-state index is 12.5. The van der Waals surface area contributed by atoms with E-state index >= 15 is 0 Å². The van der Waals surface area contributed by atoms with Gasteiger partial charge in [-0.3, -0.25) is 13.9 Å². The van der Waals surface area contributed by atoms with Crippen LogP contribution >= 0.6 is 11.6 Å². The van der Waals surface area contributed by atoms with Crippen LogP contribution in [0.2, 0.25) is 5.02 Å². The Bertz CT molecular complexity index is 1110. The van der Waals surface area contributed by atoms with E-state index in [1.807, 2.05) is 0 Å². The van der Waals surface area contributed by atoms with E-state index in [9.17, 15) is 9.59 Å². The number of fused-ring (bicyclic) bond motifs is 2. The molecule has 4 rings (SSSR count). The van der Waals surface area contributed by atoms with Crippen LogP contribution < -0.4 is 16.0 Å². The van der Waals surface area contributed by atoms with E-state index in [1.54, 1.807) is 23.7 Å². The summed E-state index contributed by atoms with van der Waals surface area (Å²) in [6.45, 7) is 0.930. The lowest BCUT2D eigenvalue weighted by Gasteiger charge is -2.21. The lowest BCUT2D eigenvalue weighted by molar-refractivity contribution is -0.0170. The molecule has 1 aliphatic heterocycles. The lowest BCUT2D eigenvalue weighted by atomic mass is 10.1. The van der Waals surface area contributed by atoms with Crippen molar-refractivity contribution in [1.29, 1.82) is 0 Å². The highest BCUT2D eigenvalue weighted by molar-refractivity contribution is 6.30. The number of halogens is 1. The van der Waals surface area contributed by atoms with Crippen molar-refractivity contribution in [1.82, 2.24) is 18.7 Å². The fourth-order valence-electron chi connectivity index (χ4n) is 3.07. The molecular formula is C16H15ClN4O4. The van der Waals surface area contributed by atoms with Crippen molar-refractivity contribution in [2.75, 3.05) is 6.79 Å². The number of hydrogen-bond donors (Lipinski definition) is 0. The summed E-state index contributed by atoms with van der Waals surface area (Å²) in [6, 6.07) is 3.60. The first-order valence-electron chi connectivity index (χ1n) is 7.60. The number of aromatic nitrogens is 4. The van der Waals surface area contributed by atoms with Crippen molar-refractivity contribution in [3.05, 3.63) is 55.4 Å². The van der Waals surface area contributed by atoms with Crippen molar-refractivity contribution in [3.63, 3.8) is 0 Å². The van der Waals surface area contributed by atoms with Crippen LogP contribution in [0.4, 0.5) is 0 Å². The molecule has 1 aromatic carbocycles. The van der Waals surface area contributed by atoms with Crippen LogP contribution in [-0.2, 0) is 32.0 Å². The van der Waals surface area contributed by atoms with E-state index in [0.717, 1.165) is 15.7 Å². The van der Waals surface area contributed by atoms with Crippen molar-refractivity contribution in [3.8, 4) is 5.75 Å². The largest absolute Gasteiger partial charge is 0.467 e. The summed E-state index contributed by atoms with van der Waals surface area (Å²) in [6.07, 6.45) is 1.54. The average Bonchev–Trinajstić information content (AvgIpc) is 3.01. The molecule has 0 N–H and O–H groups in total. The molecule has 0 bridgehead atoms. The third-order valence-electron chi connectivity index (χ3n) is 4.31. The number of ether oxygens (including phenoxy) is 2. The van der Waals surface area contributed by atoms with Gasteiger partial charge in [0.25, 0.3) is 5.56 Å². The summed E-state index contributed by atoms with van der Waals surface area (Å²) >= 11 is 6.20. The summed E-state index contributed by atoms with van der Waals surface area (Å²) in [5.41, 5.74) is 1.57. The van der Waals surface area contributed by atoms with Gasteiger partial charge in [-0.05, 0) is 12.1 Å². The topological polar surface area (TPSA) is 80.3 Å². The van der Waals surface area contributed by atoms with Gasteiger partial charge in [0.1, 0.15) is 5.75 Å². The summed E-state index contributed by atoms with van der Waals surface area (Å²) < 4.78 is 15.0. The Labute approximate surface area is 146 Å². The molecule has 0 saturated heterocycles. The molecule has 0 atom stereocenters. The standard InChI is InChI=1S/C16H15ClN4O4/c1-19-14-12(15(22)20(2)16(19)23)21(7-18-14)5-9-3-11(17)4-10-6-24-8-25-13(9)10/h3-4,7H,5-6,8H2,1-2H3. The molecule has 0 unspecified atom stereocenters. The highest BCUT2D eigenvalue weighted by Gasteiger charge is 2.19. The first-order chi connectivity index (χ1) is 12.0. The van der Waals surface area contributed by atoms with E-state index in [-0.39, 0.29) is 6.79 Å². The molecule has 3 heterocycles. The lowest BCUT2D eigenvalue weighted by Crippen LogP contribution is -2.37. The van der Waals surface area contributed by atoms with Gasteiger partial charge < -0.3 is 14.0 Å². The van der Waals surface area contributed by atoms with Crippen molar-refractivity contribution in [2.45, 2.75) is 13.2 Å². The van der Waals surface area contributed by atoms with E-state index in [0.29, 0.717) is 35.1 Å². The minimum absolute atomic E-state index is 0.169. The molecule has 1 aliphatic rings. The van der Waals surface area contributed by atoms with E-state index in [4.69, 9.17) is 21.1 Å². The highest BCUT2D eigenvalue weighted by atomic mass is 35.5. The summed E-state index contributed by atoms with van der Waals surface area (Å²) in [5.74, 6) is 0.708. The van der Waals surface area contributed by atoms with E-state index in [1.165, 1.54) is 17.9 Å². The van der Waals surface area contributed by atoms with Crippen LogP contribution in [0.15, 0.2) is 28.0 Å². The third-order valence-corrected chi connectivity index (χ3v) is 4.53. The fourth-order valence-corrected chi connectivity index (χ4v) is 3.34. The van der Waals surface area contributed by atoms with Gasteiger partial charge in [0, 0.05) is 30.2 Å². The number of rotatable bonds is 2. The van der Waals surface area contributed by atoms with Crippen molar-refractivity contribution >= 4 is 22.8 Å². The zero-order chi connectivity index (χ0) is 17.7. The quantitative estimate of drug-likeness (QED) is 0.679. The molecule has 2 aromatic heterocycles. The molecule has 8 nitrogen and oxygen atoms in total. The molecule has 3 aromatic rings. The molecule has 0 aliphatic carbocycles. The van der Waals surface area contributed by atoms with Gasteiger partial charge in [-0.1, -0.05) is 11.6 Å². The van der Waals surface area contributed by atoms with Crippen LogP contribution in [0.1, 0.15) is 11.1 Å². The molecule has 0 radical (unpaired) electrons. The molecule has 0 amide bonds. The van der Waals surface area contributed by atoms with E-state index in [2.05, 4.69) is 4.98 Å². The Balaban J connectivity index is 1.90. The Morgan fingerprint density at radius 2 is 2.04 bits per heavy atom. The molecular weight excluding hydrogens is 348 g/mol. The van der Waals surface area contributed by atoms with Crippen molar-refractivity contribution < 1.29 is 9.47 Å². The minimum atomic E-state index is -0.414. The van der Waals surface area contributed by atoms with Crippen LogP contribution in [0, 0.1) is 0 Å². The monoisotopic (exact) mass is 362 g/mol. The van der Waals surface area contributed by atoms with Gasteiger partial charge >= 0.3 is 5.69 Å². The van der Waals surface area contributed by atoms with E-state index < -0.39 is 11.2 Å². The number of imidazole rings is 1. The maximum Gasteiger partial charge on any atom is 0.332 e. The van der Waals surface area contributed by atoms with Gasteiger partial charge in [0.2, 0.25) is 0 Å². The zero-order valence-electron chi connectivity index (χ0n) is 13.7. The predicted molar refractivity (Wildman–Crippen MR) is 91.1 cm³/mol. The molecule has 0 spiro atoms. The Hall–Kier alpha value is -2.58. The van der Waals surface area contributed by atoms with Gasteiger partial charge in [0.05, 0.1) is 19.5 Å². The van der Waals surface area contributed by atoms with Crippen LogP contribution in [0.3, 0.4) is 0 Å². The first kappa shape index (κ1) is 15.9. The van der Waals surface area contributed by atoms with Crippen molar-refractivity contribution in [2.24, 2.45) is 14.1 Å². The zero-order valence-corrected chi connectivity index (χ0v) is 14.4. The number of aryl methyl sites for hydroxylation is 1. The normalized spacial score (nSPS) is 13.7. The molecule has 0 fully saturated rings. The van der Waals surface area contributed by atoms with Gasteiger partial charge in [-0.15, -0.1) is 0 Å². The molecule has 9 heteroatoms. The Kier molecular flexibility index (Phi) is 3.66. The Morgan fingerprint density at radius 1 is 1.24 bits per heavy atom. The number of nitrogens with zero attached hydrogens (tertiary/aromatic N) is 4. The Morgan fingerprint density at radius 3 is 2.84 bits per heavy atom. The molecule has 130 valence electrons. The highest BCUT2D eigenvalue weighted by Crippen LogP contribution is 2.32. The first-order valence-corrected chi connectivity index (χ1v) is 7.98. The average molecular weight is 363 g/mol. The van der Waals surface area contributed by atoms with Gasteiger partial charge in [0.15, 0.2) is 18.0 Å². The van der Waals surface area contributed by atoms with Gasteiger partial charge in [-0.25, -0.2) is 9.78 Å². The minimum Gasteiger partial charge on any atom is -0.467 e. The number of benzene rings is 1. The molecule has 0 saturated carbocycles. The fraction of sp³-hybridized carbons (Fsp3) is 0.312.